The molecule has 2 aromatic heterocycles. The molecule has 2 N–H and O–H groups in total. The zero-order valence-corrected chi connectivity index (χ0v) is 17.2. The van der Waals surface area contributed by atoms with Crippen LogP contribution in [0.3, 0.4) is 0 Å². The molecule has 0 radical (unpaired) electrons. The van der Waals surface area contributed by atoms with Crippen molar-refractivity contribution in [2.24, 2.45) is 5.92 Å². The predicted octanol–water partition coefficient (Wildman–Crippen LogP) is 4.40. The minimum atomic E-state index is -0.897. The van der Waals surface area contributed by atoms with E-state index in [1.165, 1.54) is 4.90 Å². The number of hydrogen-bond donors (Lipinski definition) is 2. The lowest BCUT2D eigenvalue weighted by Gasteiger charge is -2.32. The van der Waals surface area contributed by atoms with Crippen LogP contribution in [0.5, 0.6) is 0 Å². The van der Waals surface area contributed by atoms with Crippen LogP contribution >= 0.6 is 15.9 Å². The van der Waals surface area contributed by atoms with E-state index in [4.69, 9.17) is 5.11 Å². The molecule has 0 unspecified atom stereocenters. The van der Waals surface area contributed by atoms with Crippen LogP contribution in [0.4, 0.5) is 10.6 Å². The van der Waals surface area contributed by atoms with E-state index in [-0.39, 0.29) is 17.9 Å². The predicted molar refractivity (Wildman–Crippen MR) is 110 cm³/mol. The van der Waals surface area contributed by atoms with E-state index in [2.05, 4.69) is 31.2 Å². The fourth-order valence-electron chi connectivity index (χ4n) is 3.57. The van der Waals surface area contributed by atoms with Gasteiger partial charge in [-0.15, -0.1) is 0 Å². The lowest BCUT2D eigenvalue weighted by Crippen LogP contribution is -2.38. The molecule has 0 atom stereocenters. The van der Waals surface area contributed by atoms with Gasteiger partial charge < -0.3 is 15.3 Å². The average molecular weight is 447 g/mol. The second kappa shape index (κ2) is 9.14. The lowest BCUT2D eigenvalue weighted by atomic mass is 9.83. The molecule has 0 aromatic carbocycles. The third kappa shape index (κ3) is 5.07. The van der Waals surface area contributed by atoms with Gasteiger partial charge in [-0.25, -0.2) is 9.78 Å². The Bertz CT molecular complexity index is 839. The third-order valence-electron chi connectivity index (χ3n) is 5.20. The van der Waals surface area contributed by atoms with Gasteiger partial charge in [0, 0.05) is 41.9 Å². The third-order valence-corrected chi connectivity index (χ3v) is 5.84. The average Bonchev–Trinajstić information content (AvgIpc) is 2.70. The quantitative estimate of drug-likeness (QED) is 0.709. The number of halogens is 1. The van der Waals surface area contributed by atoms with E-state index in [0.717, 1.165) is 41.4 Å². The van der Waals surface area contributed by atoms with Crippen molar-refractivity contribution in [2.45, 2.75) is 38.1 Å². The number of amides is 2. The van der Waals surface area contributed by atoms with Gasteiger partial charge in [0.05, 0.1) is 5.69 Å². The molecule has 0 aliphatic heterocycles. The van der Waals surface area contributed by atoms with E-state index in [0.29, 0.717) is 12.2 Å². The maximum absolute atomic E-state index is 12.5. The van der Waals surface area contributed by atoms with Crippen molar-refractivity contribution in [2.75, 3.05) is 12.4 Å². The summed E-state index contributed by atoms with van der Waals surface area (Å²) in [5.74, 6) is 0.689. The summed E-state index contributed by atoms with van der Waals surface area (Å²) in [6, 6.07) is 7.52. The fourth-order valence-corrected chi connectivity index (χ4v) is 3.99. The molecule has 7 nitrogen and oxygen atoms in total. The van der Waals surface area contributed by atoms with Gasteiger partial charge in [0.2, 0.25) is 5.91 Å². The minimum Gasteiger partial charge on any atom is -0.465 e. The number of nitrogens with zero attached hydrogens (tertiary/aromatic N) is 3. The first-order chi connectivity index (χ1) is 13.4. The zero-order valence-electron chi connectivity index (χ0n) is 15.6. The van der Waals surface area contributed by atoms with Crippen molar-refractivity contribution < 1.29 is 14.7 Å². The van der Waals surface area contributed by atoms with Gasteiger partial charge in [0.1, 0.15) is 5.82 Å². The number of hydrogen-bond acceptors (Lipinski definition) is 4. The van der Waals surface area contributed by atoms with Gasteiger partial charge in [-0.05, 0) is 65.7 Å². The van der Waals surface area contributed by atoms with Gasteiger partial charge in [0.15, 0.2) is 0 Å². The van der Waals surface area contributed by atoms with Crippen LogP contribution in [-0.2, 0) is 4.79 Å². The highest BCUT2D eigenvalue weighted by atomic mass is 79.9. The molecule has 3 rings (SSSR count). The molecular weight excluding hydrogens is 424 g/mol. The molecule has 0 saturated heterocycles. The standard InChI is InChI=1S/C20H23BrN4O3/c1-25(20(27)28)14-7-5-13(6-8-14)10-19(26)24-18-11-15(16(21)12-23-18)17-4-2-3-9-22-17/h2-4,9,11-14H,5-8,10H2,1H3,(H,27,28)(H,23,24,26)/t13-,14-. The molecule has 1 aliphatic rings. The van der Waals surface area contributed by atoms with Gasteiger partial charge in [-0.3, -0.25) is 9.78 Å². The van der Waals surface area contributed by atoms with Crippen LogP contribution in [-0.4, -0.2) is 45.1 Å². The van der Waals surface area contributed by atoms with E-state index < -0.39 is 6.09 Å². The first-order valence-corrected chi connectivity index (χ1v) is 10.1. The molecule has 2 heterocycles. The summed E-state index contributed by atoms with van der Waals surface area (Å²) in [6.07, 6.45) is 6.19. The smallest absolute Gasteiger partial charge is 0.407 e. The lowest BCUT2D eigenvalue weighted by molar-refractivity contribution is -0.117. The number of aromatic nitrogens is 2. The Kier molecular flexibility index (Phi) is 6.61. The Labute approximate surface area is 172 Å². The second-order valence-corrected chi connectivity index (χ2v) is 7.94. The highest BCUT2D eigenvalue weighted by Gasteiger charge is 2.27. The van der Waals surface area contributed by atoms with Crippen LogP contribution in [0.1, 0.15) is 32.1 Å². The summed E-state index contributed by atoms with van der Waals surface area (Å²) in [4.78, 5) is 33.5. The Morgan fingerprint density at radius 3 is 2.64 bits per heavy atom. The molecular formula is C20H23BrN4O3. The first kappa shape index (κ1) is 20.3. The molecule has 8 heteroatoms. The molecule has 2 amide bonds. The van der Waals surface area contributed by atoms with Crippen LogP contribution < -0.4 is 5.32 Å². The zero-order chi connectivity index (χ0) is 20.1. The van der Waals surface area contributed by atoms with Crippen molar-refractivity contribution in [3.8, 4) is 11.3 Å². The summed E-state index contributed by atoms with van der Waals surface area (Å²) in [5.41, 5.74) is 1.66. The summed E-state index contributed by atoms with van der Waals surface area (Å²) < 4.78 is 0.810. The SMILES string of the molecule is CN(C(=O)O)[C@H]1CC[C@H](CC(=O)Nc2cc(-c3ccccn3)c(Br)cn2)CC1. The molecule has 1 fully saturated rings. The Morgan fingerprint density at radius 1 is 1.25 bits per heavy atom. The van der Waals surface area contributed by atoms with Crippen LogP contribution in [0, 0.1) is 5.92 Å². The normalized spacial score (nSPS) is 19.1. The molecule has 1 aliphatic carbocycles. The maximum atomic E-state index is 12.5. The van der Waals surface area contributed by atoms with E-state index in [1.807, 2.05) is 24.3 Å². The van der Waals surface area contributed by atoms with Gasteiger partial charge in [0.25, 0.3) is 0 Å². The molecule has 1 saturated carbocycles. The van der Waals surface area contributed by atoms with Crippen LogP contribution in [0.25, 0.3) is 11.3 Å². The number of pyridine rings is 2. The first-order valence-electron chi connectivity index (χ1n) is 9.26. The Morgan fingerprint density at radius 2 is 2.00 bits per heavy atom. The number of carboxylic acid groups (broad SMARTS) is 1. The largest absolute Gasteiger partial charge is 0.465 e. The highest BCUT2D eigenvalue weighted by molar-refractivity contribution is 9.10. The number of carbonyl (C=O) groups is 2. The summed E-state index contributed by atoms with van der Waals surface area (Å²) in [7, 11) is 1.61. The van der Waals surface area contributed by atoms with E-state index in [1.54, 1.807) is 19.4 Å². The number of anilines is 1. The van der Waals surface area contributed by atoms with E-state index in [9.17, 15) is 9.59 Å². The monoisotopic (exact) mass is 446 g/mol. The van der Waals surface area contributed by atoms with Crippen molar-refractivity contribution >= 4 is 33.7 Å². The van der Waals surface area contributed by atoms with Crippen molar-refractivity contribution in [1.29, 1.82) is 0 Å². The summed E-state index contributed by atoms with van der Waals surface area (Å²) >= 11 is 3.48. The topological polar surface area (TPSA) is 95.4 Å². The van der Waals surface area contributed by atoms with Crippen LogP contribution in [0.2, 0.25) is 0 Å². The summed E-state index contributed by atoms with van der Waals surface area (Å²) in [5, 5.41) is 12.0. The highest BCUT2D eigenvalue weighted by Crippen LogP contribution is 2.31. The molecule has 2 aromatic rings. The summed E-state index contributed by atoms with van der Waals surface area (Å²) in [6.45, 7) is 0. The fraction of sp³-hybridized carbons (Fsp3) is 0.400. The second-order valence-electron chi connectivity index (χ2n) is 7.08. The van der Waals surface area contributed by atoms with Crippen molar-refractivity contribution in [1.82, 2.24) is 14.9 Å². The van der Waals surface area contributed by atoms with Crippen molar-refractivity contribution in [3.63, 3.8) is 0 Å². The van der Waals surface area contributed by atoms with Crippen molar-refractivity contribution in [3.05, 3.63) is 41.1 Å². The Balaban J connectivity index is 1.57. The number of nitrogens with one attached hydrogen (secondary N) is 1. The van der Waals surface area contributed by atoms with Gasteiger partial charge >= 0.3 is 6.09 Å². The Hall–Kier alpha value is -2.48. The molecule has 28 heavy (non-hydrogen) atoms. The molecule has 0 spiro atoms. The molecule has 0 bridgehead atoms. The van der Waals surface area contributed by atoms with Crippen LogP contribution in [0.15, 0.2) is 41.1 Å². The van der Waals surface area contributed by atoms with E-state index >= 15 is 0 Å². The van der Waals surface area contributed by atoms with Gasteiger partial charge in [-0.2, -0.15) is 0 Å². The maximum Gasteiger partial charge on any atom is 0.407 e. The number of carbonyl (C=O) groups excluding carboxylic acids is 1. The number of rotatable bonds is 5. The minimum absolute atomic E-state index is 0.0471. The molecule has 148 valence electrons. The van der Waals surface area contributed by atoms with Gasteiger partial charge in [-0.1, -0.05) is 6.07 Å².